The highest BCUT2D eigenvalue weighted by Crippen LogP contribution is 2.37. The van der Waals surface area contributed by atoms with Gasteiger partial charge in [0, 0.05) is 15.7 Å². The molecule has 6 heteroatoms. The summed E-state index contributed by atoms with van der Waals surface area (Å²) < 4.78 is 1.38. The van der Waals surface area contributed by atoms with E-state index in [-0.39, 0.29) is 11.7 Å². The number of anilines is 1. The number of aromatic hydroxyl groups is 1. The topological polar surface area (TPSA) is 61.4 Å². The molecule has 4 nitrogen and oxygen atoms in total. The van der Waals surface area contributed by atoms with Gasteiger partial charge in [0.25, 0.3) is 5.91 Å². The largest absolute Gasteiger partial charge is 0.506 e. The Balaban J connectivity index is 2.04. The Morgan fingerprint density at radius 3 is 2.65 bits per heavy atom. The molecule has 1 aliphatic heterocycles. The maximum Gasteiger partial charge on any atom is 0.255 e. The van der Waals surface area contributed by atoms with Gasteiger partial charge in [-0.2, -0.15) is 0 Å². The van der Waals surface area contributed by atoms with Crippen LogP contribution in [0.3, 0.4) is 0 Å². The van der Waals surface area contributed by atoms with E-state index in [0.29, 0.717) is 15.6 Å². The Morgan fingerprint density at radius 1 is 1.10 bits per heavy atom. The van der Waals surface area contributed by atoms with Crippen LogP contribution in [0.2, 0.25) is 0 Å². The molecule has 102 valence electrons. The second kappa shape index (κ2) is 5.10. The zero-order valence-corrected chi connectivity index (χ0v) is 13.3. The third kappa shape index (κ3) is 2.29. The number of hydrogen-bond donors (Lipinski definition) is 3. The van der Waals surface area contributed by atoms with Crippen molar-refractivity contribution in [3.63, 3.8) is 0 Å². The molecule has 0 saturated carbocycles. The minimum atomic E-state index is -0.480. The fraction of sp³-hybridized carbons (Fsp3) is 0.0714. The molecule has 3 N–H and O–H groups in total. The molecule has 0 radical (unpaired) electrons. The van der Waals surface area contributed by atoms with Crippen LogP contribution in [0.1, 0.15) is 22.1 Å². The molecule has 20 heavy (non-hydrogen) atoms. The first kappa shape index (κ1) is 13.5. The lowest BCUT2D eigenvalue weighted by Crippen LogP contribution is -2.38. The Labute approximate surface area is 132 Å². The molecular formula is C14H10Br2N2O2. The van der Waals surface area contributed by atoms with Crippen molar-refractivity contribution in [1.82, 2.24) is 5.32 Å². The molecule has 0 saturated heterocycles. The summed E-state index contributed by atoms with van der Waals surface area (Å²) in [4.78, 5) is 12.1. The summed E-state index contributed by atoms with van der Waals surface area (Å²) in [7, 11) is 0. The highest BCUT2D eigenvalue weighted by Gasteiger charge is 2.26. The maximum absolute atomic E-state index is 12.1. The van der Waals surface area contributed by atoms with E-state index in [4.69, 9.17) is 0 Å². The lowest BCUT2D eigenvalue weighted by atomic mass is 10.1. The van der Waals surface area contributed by atoms with Crippen LogP contribution in [-0.4, -0.2) is 11.0 Å². The van der Waals surface area contributed by atoms with E-state index in [1.807, 2.05) is 18.2 Å². The molecule has 0 bridgehead atoms. The maximum atomic E-state index is 12.1. The Kier molecular flexibility index (Phi) is 3.43. The Morgan fingerprint density at radius 2 is 1.85 bits per heavy atom. The molecule has 0 aliphatic carbocycles. The highest BCUT2D eigenvalue weighted by atomic mass is 79.9. The quantitative estimate of drug-likeness (QED) is 0.686. The van der Waals surface area contributed by atoms with E-state index < -0.39 is 6.17 Å². The number of hydrogen-bond acceptors (Lipinski definition) is 3. The molecule has 0 aromatic heterocycles. The van der Waals surface area contributed by atoms with E-state index in [1.54, 1.807) is 18.2 Å². The molecule has 2 aromatic rings. The van der Waals surface area contributed by atoms with E-state index in [9.17, 15) is 9.90 Å². The van der Waals surface area contributed by atoms with Crippen LogP contribution in [0.5, 0.6) is 5.75 Å². The molecule has 1 aliphatic rings. The lowest BCUT2D eigenvalue weighted by molar-refractivity contribution is 0.0935. The molecule has 2 aromatic carbocycles. The van der Waals surface area contributed by atoms with Crippen molar-refractivity contribution in [1.29, 1.82) is 0 Å². The van der Waals surface area contributed by atoms with Crippen molar-refractivity contribution < 1.29 is 9.90 Å². The van der Waals surface area contributed by atoms with Gasteiger partial charge in [-0.25, -0.2) is 0 Å². The predicted molar refractivity (Wildman–Crippen MR) is 83.8 cm³/mol. The van der Waals surface area contributed by atoms with Gasteiger partial charge < -0.3 is 15.7 Å². The highest BCUT2D eigenvalue weighted by molar-refractivity contribution is 9.11. The van der Waals surface area contributed by atoms with Crippen LogP contribution in [0, 0.1) is 0 Å². The van der Waals surface area contributed by atoms with Crippen molar-refractivity contribution >= 4 is 43.5 Å². The number of nitrogens with one attached hydrogen (secondary N) is 2. The monoisotopic (exact) mass is 396 g/mol. The second-order valence-electron chi connectivity index (χ2n) is 4.42. The molecule has 1 heterocycles. The Hall–Kier alpha value is -1.53. The first-order valence-corrected chi connectivity index (χ1v) is 7.49. The number of para-hydroxylation sites is 1. The van der Waals surface area contributed by atoms with Gasteiger partial charge in [-0.05, 0) is 40.2 Å². The zero-order valence-electron chi connectivity index (χ0n) is 10.2. The van der Waals surface area contributed by atoms with Crippen molar-refractivity contribution in [2.45, 2.75) is 6.17 Å². The number of halogens is 2. The summed E-state index contributed by atoms with van der Waals surface area (Å²) in [5, 5.41) is 16.2. The van der Waals surface area contributed by atoms with Crippen LogP contribution >= 0.6 is 31.9 Å². The third-order valence-corrected chi connectivity index (χ3v) is 4.18. The van der Waals surface area contributed by atoms with E-state index in [1.165, 1.54) is 0 Å². The van der Waals surface area contributed by atoms with Crippen LogP contribution in [0.25, 0.3) is 0 Å². The number of benzene rings is 2. The minimum absolute atomic E-state index is 0.102. The van der Waals surface area contributed by atoms with E-state index >= 15 is 0 Å². The van der Waals surface area contributed by atoms with Crippen LogP contribution < -0.4 is 10.6 Å². The van der Waals surface area contributed by atoms with Gasteiger partial charge in [0.1, 0.15) is 11.9 Å². The fourth-order valence-corrected chi connectivity index (χ4v) is 3.43. The summed E-state index contributed by atoms with van der Waals surface area (Å²) in [5.41, 5.74) is 1.93. The number of amides is 1. The number of phenols is 1. The lowest BCUT2D eigenvalue weighted by Gasteiger charge is -2.28. The normalized spacial score (nSPS) is 17.1. The van der Waals surface area contributed by atoms with Gasteiger partial charge in [0.2, 0.25) is 0 Å². The number of rotatable bonds is 1. The summed E-state index contributed by atoms with van der Waals surface area (Å²) in [6.07, 6.45) is -0.480. The van der Waals surface area contributed by atoms with Crippen LogP contribution in [0.15, 0.2) is 45.3 Å². The van der Waals surface area contributed by atoms with Gasteiger partial charge in [-0.1, -0.05) is 28.1 Å². The van der Waals surface area contributed by atoms with Crippen LogP contribution in [-0.2, 0) is 0 Å². The molecular weight excluding hydrogens is 388 g/mol. The van der Waals surface area contributed by atoms with Gasteiger partial charge in [0.05, 0.1) is 10.0 Å². The van der Waals surface area contributed by atoms with Gasteiger partial charge in [-0.3, -0.25) is 4.79 Å². The van der Waals surface area contributed by atoms with Gasteiger partial charge in [-0.15, -0.1) is 0 Å². The van der Waals surface area contributed by atoms with Crippen LogP contribution in [0.4, 0.5) is 5.69 Å². The van der Waals surface area contributed by atoms with Crippen molar-refractivity contribution in [3.8, 4) is 5.75 Å². The standard InChI is InChI=1S/C14H10Br2N2O2/c15-7-5-9(12(19)10(16)6-7)13-17-11-4-2-1-3-8(11)14(20)18-13/h1-6,13,17,19H,(H,18,20). The average molecular weight is 398 g/mol. The van der Waals surface area contributed by atoms with Gasteiger partial charge in [0.15, 0.2) is 0 Å². The van der Waals surface area contributed by atoms with Crippen molar-refractivity contribution in [2.24, 2.45) is 0 Å². The summed E-state index contributed by atoms with van der Waals surface area (Å²) in [6.45, 7) is 0. The summed E-state index contributed by atoms with van der Waals surface area (Å²) in [6, 6.07) is 10.8. The number of phenolic OH excluding ortho intramolecular Hbond substituents is 1. The minimum Gasteiger partial charge on any atom is -0.506 e. The summed E-state index contributed by atoms with van der Waals surface area (Å²) >= 11 is 6.67. The smallest absolute Gasteiger partial charge is 0.255 e. The van der Waals surface area contributed by atoms with E-state index in [2.05, 4.69) is 42.5 Å². The number of carbonyl (C=O) groups is 1. The van der Waals surface area contributed by atoms with Crippen molar-refractivity contribution in [3.05, 3.63) is 56.5 Å². The molecule has 3 rings (SSSR count). The number of fused-ring (bicyclic) bond motifs is 1. The molecule has 1 amide bonds. The first-order chi connectivity index (χ1) is 9.56. The predicted octanol–water partition coefficient (Wildman–Crippen LogP) is 3.77. The molecule has 0 fully saturated rings. The molecule has 1 unspecified atom stereocenters. The number of carbonyl (C=O) groups excluding carboxylic acids is 1. The third-order valence-electron chi connectivity index (χ3n) is 3.12. The summed E-state index contributed by atoms with van der Waals surface area (Å²) in [5.74, 6) is -0.0646. The fourth-order valence-electron chi connectivity index (χ4n) is 2.17. The van der Waals surface area contributed by atoms with Crippen molar-refractivity contribution in [2.75, 3.05) is 5.32 Å². The second-order valence-corrected chi connectivity index (χ2v) is 6.19. The first-order valence-electron chi connectivity index (χ1n) is 5.90. The van der Waals surface area contributed by atoms with E-state index in [0.717, 1.165) is 10.2 Å². The average Bonchev–Trinajstić information content (AvgIpc) is 2.43. The molecule has 1 atom stereocenters. The Bertz CT molecular complexity index is 704. The zero-order chi connectivity index (χ0) is 14.3. The van der Waals surface area contributed by atoms with Gasteiger partial charge >= 0.3 is 0 Å². The molecule has 0 spiro atoms. The SMILES string of the molecule is O=C1NC(c2cc(Br)cc(Br)c2O)Nc2ccccc21.